The third-order valence-electron chi connectivity index (χ3n) is 6.33. The fraction of sp³-hybridized carbons (Fsp3) is 0.381. The van der Waals surface area contributed by atoms with Gasteiger partial charge >= 0.3 is 0 Å². The number of piperidine rings is 1. The zero-order valence-corrected chi connectivity index (χ0v) is 14.5. The molecule has 4 atom stereocenters. The Labute approximate surface area is 147 Å². The van der Waals surface area contributed by atoms with Crippen molar-refractivity contribution in [3.63, 3.8) is 0 Å². The smallest absolute Gasteiger partial charge is 0.254 e. The van der Waals surface area contributed by atoms with E-state index in [0.717, 1.165) is 17.5 Å². The summed E-state index contributed by atoms with van der Waals surface area (Å²) in [6.07, 6.45) is 0.0681. The van der Waals surface area contributed by atoms with Crippen LogP contribution >= 0.6 is 0 Å². The van der Waals surface area contributed by atoms with Crippen molar-refractivity contribution in [1.82, 2.24) is 4.90 Å². The molecule has 4 heteroatoms. The van der Waals surface area contributed by atoms with Crippen LogP contribution in [0, 0.1) is 5.92 Å². The van der Waals surface area contributed by atoms with Crippen LogP contribution < -0.4 is 0 Å². The van der Waals surface area contributed by atoms with Gasteiger partial charge in [-0.05, 0) is 53.1 Å². The molecule has 0 spiro atoms. The molecular formula is C21H23NO3. The minimum atomic E-state index is -0.744. The Bertz CT molecular complexity index is 819. The number of aromatic hydroxyl groups is 1. The van der Waals surface area contributed by atoms with Gasteiger partial charge in [0.15, 0.2) is 0 Å². The van der Waals surface area contributed by atoms with E-state index in [1.807, 2.05) is 35.2 Å². The molecule has 0 aromatic heterocycles. The zero-order chi connectivity index (χ0) is 17.8. The molecule has 0 radical (unpaired) electrons. The number of aliphatic hydroxyl groups is 1. The molecule has 1 fully saturated rings. The normalized spacial score (nSPS) is 30.7. The first kappa shape index (κ1) is 16.2. The van der Waals surface area contributed by atoms with Gasteiger partial charge in [-0.25, -0.2) is 0 Å². The van der Waals surface area contributed by atoms with Crippen LogP contribution in [-0.2, 0) is 5.41 Å². The standard InChI is InChI=1S/C21H23NO3/c1-13-18-19(24)16-9-8-15(23)12-17(16)21(13,2)10-11-22(18)20(25)14-6-4-3-5-7-14/h3-9,12-13,18-19,23-24H,10-11H2,1-2H3/t13-,18-,19-,21+/m0/s1. The Morgan fingerprint density at radius 1 is 1.20 bits per heavy atom. The van der Waals surface area contributed by atoms with Gasteiger partial charge in [-0.1, -0.05) is 38.1 Å². The van der Waals surface area contributed by atoms with Gasteiger partial charge in [-0.2, -0.15) is 0 Å². The lowest BCUT2D eigenvalue weighted by atomic mass is 9.58. The fourth-order valence-corrected chi connectivity index (χ4v) is 4.66. The zero-order valence-electron chi connectivity index (χ0n) is 14.5. The van der Waals surface area contributed by atoms with Crippen LogP contribution in [0.15, 0.2) is 48.5 Å². The predicted octanol–water partition coefficient (Wildman–Crippen LogP) is 3.25. The van der Waals surface area contributed by atoms with Crippen molar-refractivity contribution in [2.45, 2.75) is 37.8 Å². The topological polar surface area (TPSA) is 60.8 Å². The van der Waals surface area contributed by atoms with Gasteiger partial charge in [0.25, 0.3) is 5.91 Å². The van der Waals surface area contributed by atoms with Crippen LogP contribution in [0.25, 0.3) is 0 Å². The van der Waals surface area contributed by atoms with Gasteiger partial charge in [0.1, 0.15) is 5.75 Å². The molecule has 4 rings (SSSR count). The summed E-state index contributed by atoms with van der Waals surface area (Å²) in [5, 5.41) is 21.0. The first-order valence-electron chi connectivity index (χ1n) is 8.81. The van der Waals surface area contributed by atoms with Crippen molar-refractivity contribution in [3.8, 4) is 5.75 Å². The average molecular weight is 337 g/mol. The van der Waals surface area contributed by atoms with Crippen LogP contribution in [0.1, 0.15) is 47.9 Å². The lowest BCUT2D eigenvalue weighted by Crippen LogP contribution is -2.61. The molecule has 130 valence electrons. The van der Waals surface area contributed by atoms with Crippen LogP contribution in [0.3, 0.4) is 0 Å². The first-order valence-corrected chi connectivity index (χ1v) is 8.81. The molecule has 0 unspecified atom stereocenters. The highest BCUT2D eigenvalue weighted by Crippen LogP contribution is 2.53. The van der Waals surface area contributed by atoms with E-state index in [2.05, 4.69) is 13.8 Å². The maximum Gasteiger partial charge on any atom is 0.254 e. The fourth-order valence-electron chi connectivity index (χ4n) is 4.66. The second-order valence-electron chi connectivity index (χ2n) is 7.53. The van der Waals surface area contributed by atoms with Gasteiger partial charge in [0, 0.05) is 12.1 Å². The number of carbonyl (C=O) groups is 1. The summed E-state index contributed by atoms with van der Waals surface area (Å²) < 4.78 is 0. The van der Waals surface area contributed by atoms with Crippen LogP contribution in [0.5, 0.6) is 5.75 Å². The monoisotopic (exact) mass is 337 g/mol. The van der Waals surface area contributed by atoms with Crippen molar-refractivity contribution >= 4 is 5.91 Å². The number of likely N-dealkylation sites (tertiary alicyclic amines) is 1. The number of phenols is 1. The van der Waals surface area contributed by atoms with Gasteiger partial charge in [-0.15, -0.1) is 0 Å². The molecule has 2 N–H and O–H groups in total. The van der Waals surface area contributed by atoms with Crippen LogP contribution in [0.4, 0.5) is 0 Å². The maximum atomic E-state index is 13.0. The molecule has 2 aromatic carbocycles. The van der Waals surface area contributed by atoms with Crippen molar-refractivity contribution in [2.75, 3.05) is 6.54 Å². The number of carbonyl (C=O) groups excluding carboxylic acids is 1. The molecule has 1 aliphatic carbocycles. The summed E-state index contributed by atoms with van der Waals surface area (Å²) in [7, 11) is 0. The van der Waals surface area contributed by atoms with E-state index in [-0.39, 0.29) is 29.0 Å². The molecule has 4 nitrogen and oxygen atoms in total. The minimum Gasteiger partial charge on any atom is -0.508 e. The highest BCUT2D eigenvalue weighted by Gasteiger charge is 2.53. The second kappa shape index (κ2) is 5.60. The number of hydrogen-bond acceptors (Lipinski definition) is 3. The Balaban J connectivity index is 1.78. The highest BCUT2D eigenvalue weighted by molar-refractivity contribution is 5.94. The summed E-state index contributed by atoms with van der Waals surface area (Å²) in [5.74, 6) is 0.291. The lowest BCUT2D eigenvalue weighted by molar-refractivity contribution is -0.0397. The average Bonchev–Trinajstić information content (AvgIpc) is 2.62. The van der Waals surface area contributed by atoms with Gasteiger partial charge < -0.3 is 15.1 Å². The molecule has 0 saturated carbocycles. The van der Waals surface area contributed by atoms with Crippen LogP contribution in [0.2, 0.25) is 0 Å². The van der Waals surface area contributed by atoms with Crippen molar-refractivity contribution < 1.29 is 15.0 Å². The summed E-state index contributed by atoms with van der Waals surface area (Å²) in [6, 6.07) is 14.2. The lowest BCUT2D eigenvalue weighted by Gasteiger charge is -2.56. The van der Waals surface area contributed by atoms with E-state index >= 15 is 0 Å². The predicted molar refractivity (Wildman–Crippen MR) is 95.5 cm³/mol. The second-order valence-corrected chi connectivity index (χ2v) is 7.53. The van der Waals surface area contributed by atoms with E-state index in [1.54, 1.807) is 18.2 Å². The largest absolute Gasteiger partial charge is 0.508 e. The molecule has 2 bridgehead atoms. The van der Waals surface area contributed by atoms with E-state index in [0.29, 0.717) is 12.1 Å². The van der Waals surface area contributed by atoms with Gasteiger partial charge in [0.05, 0.1) is 12.1 Å². The molecule has 1 amide bonds. The number of aliphatic hydroxyl groups excluding tert-OH is 1. The summed E-state index contributed by atoms with van der Waals surface area (Å²) in [6.45, 7) is 4.88. The number of phenolic OH excluding ortho intramolecular Hbond substituents is 1. The van der Waals surface area contributed by atoms with E-state index < -0.39 is 6.10 Å². The number of fused-ring (bicyclic) bond motifs is 4. The molecule has 2 aromatic rings. The van der Waals surface area contributed by atoms with Crippen molar-refractivity contribution in [3.05, 3.63) is 65.2 Å². The van der Waals surface area contributed by atoms with Crippen LogP contribution in [-0.4, -0.2) is 33.6 Å². The molecule has 1 heterocycles. The molecular weight excluding hydrogens is 314 g/mol. The Hall–Kier alpha value is -2.33. The third-order valence-corrected chi connectivity index (χ3v) is 6.33. The first-order chi connectivity index (χ1) is 11.9. The number of nitrogens with zero attached hydrogens (tertiary/aromatic N) is 1. The molecule has 1 aliphatic heterocycles. The summed E-state index contributed by atoms with van der Waals surface area (Å²) in [4.78, 5) is 14.9. The molecule has 25 heavy (non-hydrogen) atoms. The number of benzene rings is 2. The molecule has 1 saturated heterocycles. The number of hydrogen-bond donors (Lipinski definition) is 2. The number of rotatable bonds is 1. The SMILES string of the molecule is C[C@H]1[C@H]2[C@@H](O)c3ccc(O)cc3[C@]1(C)CCN2C(=O)c1ccccc1. The van der Waals surface area contributed by atoms with Gasteiger partial charge in [-0.3, -0.25) is 4.79 Å². The third kappa shape index (κ3) is 2.28. The van der Waals surface area contributed by atoms with E-state index in [9.17, 15) is 15.0 Å². The Morgan fingerprint density at radius 2 is 1.92 bits per heavy atom. The Morgan fingerprint density at radius 3 is 2.64 bits per heavy atom. The van der Waals surface area contributed by atoms with Crippen molar-refractivity contribution in [1.29, 1.82) is 0 Å². The molecule has 2 aliphatic rings. The van der Waals surface area contributed by atoms with E-state index in [1.165, 1.54) is 0 Å². The highest BCUT2D eigenvalue weighted by atomic mass is 16.3. The quantitative estimate of drug-likeness (QED) is 0.840. The summed E-state index contributed by atoms with van der Waals surface area (Å²) >= 11 is 0. The minimum absolute atomic E-state index is 0.0271. The maximum absolute atomic E-state index is 13.0. The Kier molecular flexibility index (Phi) is 3.62. The number of amides is 1. The van der Waals surface area contributed by atoms with Crippen molar-refractivity contribution in [2.24, 2.45) is 5.92 Å². The van der Waals surface area contributed by atoms with Gasteiger partial charge in [0.2, 0.25) is 0 Å². The van der Waals surface area contributed by atoms with E-state index in [4.69, 9.17) is 0 Å². The summed E-state index contributed by atoms with van der Waals surface area (Å²) in [5.41, 5.74) is 2.33.